The number of methoxy groups -OCH3 is 1. The Labute approximate surface area is 150 Å². The summed E-state index contributed by atoms with van der Waals surface area (Å²) in [5.41, 5.74) is 2.27. The molecule has 0 spiro atoms. The second kappa shape index (κ2) is 6.40. The third-order valence-electron chi connectivity index (χ3n) is 4.50. The van der Waals surface area contributed by atoms with Gasteiger partial charge in [-0.25, -0.2) is 9.18 Å². The summed E-state index contributed by atoms with van der Waals surface area (Å²) in [7, 11) is 1.29. The molecule has 0 saturated carbocycles. The molecule has 0 aliphatic carbocycles. The maximum Gasteiger partial charge on any atom is 0.341 e. The van der Waals surface area contributed by atoms with Crippen LogP contribution in [0.5, 0.6) is 0 Å². The van der Waals surface area contributed by atoms with E-state index < -0.39 is 17.2 Å². The number of hydrogen-bond acceptors (Lipinski definition) is 4. The molecular weight excluding hydrogens is 337 g/mol. The second-order valence-corrected chi connectivity index (χ2v) is 6.92. The first-order valence-electron chi connectivity index (χ1n) is 8.17. The van der Waals surface area contributed by atoms with Crippen molar-refractivity contribution >= 4 is 17.4 Å². The number of ether oxygens (including phenoxy) is 1. The van der Waals surface area contributed by atoms with Crippen LogP contribution in [0.4, 0.5) is 4.39 Å². The van der Waals surface area contributed by atoms with E-state index in [1.165, 1.54) is 42.5 Å². The lowest BCUT2D eigenvalue weighted by Gasteiger charge is -2.29. The summed E-state index contributed by atoms with van der Waals surface area (Å²) in [5, 5.41) is 7.11. The molecule has 136 valence electrons. The summed E-state index contributed by atoms with van der Waals surface area (Å²) in [6, 6.07) is 5.32. The van der Waals surface area contributed by atoms with Crippen molar-refractivity contribution in [2.75, 3.05) is 13.7 Å². The van der Waals surface area contributed by atoms with E-state index in [4.69, 9.17) is 4.74 Å². The Morgan fingerprint density at radius 3 is 2.54 bits per heavy atom. The van der Waals surface area contributed by atoms with Gasteiger partial charge in [-0.2, -0.15) is 5.10 Å². The Bertz CT molecular complexity index is 897. The first-order chi connectivity index (χ1) is 12.2. The summed E-state index contributed by atoms with van der Waals surface area (Å²) < 4.78 is 18.1. The van der Waals surface area contributed by atoms with Crippen molar-refractivity contribution in [3.05, 3.63) is 58.8 Å². The fraction of sp³-hybridized carbons (Fsp3) is 0.316. The smallest absolute Gasteiger partial charge is 0.341 e. The van der Waals surface area contributed by atoms with E-state index in [0.717, 1.165) is 11.3 Å². The maximum absolute atomic E-state index is 13.2. The van der Waals surface area contributed by atoms with Crippen LogP contribution in [0.15, 0.2) is 30.5 Å². The number of carbonyl (C=O) groups excluding carboxylic acids is 2. The fourth-order valence-corrected chi connectivity index (χ4v) is 3.38. The molecule has 0 radical (unpaired) electrons. The first-order valence-corrected chi connectivity index (χ1v) is 8.17. The Morgan fingerprint density at radius 2 is 1.92 bits per heavy atom. The molecule has 1 aliphatic rings. The van der Waals surface area contributed by atoms with Crippen molar-refractivity contribution < 1.29 is 18.7 Å². The summed E-state index contributed by atoms with van der Waals surface area (Å²) in [6.07, 6.45) is 1.47. The minimum atomic E-state index is -0.565. The minimum absolute atomic E-state index is 0.226. The van der Waals surface area contributed by atoms with Crippen LogP contribution in [-0.2, 0) is 14.9 Å². The van der Waals surface area contributed by atoms with Crippen molar-refractivity contribution in [1.29, 1.82) is 0 Å². The number of benzene rings is 1. The summed E-state index contributed by atoms with van der Waals surface area (Å²) in [6.45, 7) is 6.14. The number of aromatic nitrogens is 2. The largest absolute Gasteiger partial charge is 0.465 e. The van der Waals surface area contributed by atoms with Crippen LogP contribution in [0.1, 0.15) is 41.2 Å². The highest BCUT2D eigenvalue weighted by atomic mass is 19.1. The molecule has 1 N–H and O–H groups in total. The van der Waals surface area contributed by atoms with Gasteiger partial charge in [-0.15, -0.1) is 0 Å². The molecular formula is C19H20FN3O3. The quantitative estimate of drug-likeness (QED) is 0.839. The van der Waals surface area contributed by atoms with Gasteiger partial charge in [0.05, 0.1) is 18.5 Å². The number of amides is 1. The third-order valence-corrected chi connectivity index (χ3v) is 4.50. The Morgan fingerprint density at radius 1 is 1.27 bits per heavy atom. The van der Waals surface area contributed by atoms with Crippen LogP contribution >= 0.6 is 0 Å². The topological polar surface area (TPSA) is 75.3 Å². The van der Waals surface area contributed by atoms with Crippen molar-refractivity contribution in [3.63, 3.8) is 0 Å². The van der Waals surface area contributed by atoms with E-state index in [2.05, 4.69) is 10.2 Å². The van der Waals surface area contributed by atoms with Crippen LogP contribution in [0.25, 0.3) is 5.57 Å². The van der Waals surface area contributed by atoms with Gasteiger partial charge in [0.15, 0.2) is 0 Å². The standard InChI is InChI=1S/C19H20FN3O3/c1-11-15-16(22-21-11)14(18(25)26-4)9-23(10-19(15,2)3)17(24)12-5-7-13(20)8-6-12/h5-9H,10H2,1-4H3,(H,21,22). The highest BCUT2D eigenvalue weighted by Gasteiger charge is 2.37. The third kappa shape index (κ3) is 3.00. The number of rotatable bonds is 2. The average molecular weight is 357 g/mol. The first kappa shape index (κ1) is 17.8. The maximum atomic E-state index is 13.2. The number of esters is 1. The molecule has 1 aliphatic heterocycles. The second-order valence-electron chi connectivity index (χ2n) is 6.92. The zero-order valence-corrected chi connectivity index (χ0v) is 15.1. The highest BCUT2D eigenvalue weighted by Crippen LogP contribution is 2.36. The SMILES string of the molecule is COC(=O)C1=CN(C(=O)c2ccc(F)cc2)CC(C)(C)c2c(C)n[nH]c21. The molecule has 3 rings (SSSR count). The monoisotopic (exact) mass is 357 g/mol. The average Bonchev–Trinajstić information content (AvgIpc) is 2.94. The van der Waals surface area contributed by atoms with E-state index in [9.17, 15) is 14.0 Å². The molecule has 1 aromatic heterocycles. The normalized spacial score (nSPS) is 15.7. The number of aryl methyl sites for hydroxylation is 1. The molecule has 0 bridgehead atoms. The molecule has 6 nitrogen and oxygen atoms in total. The van der Waals surface area contributed by atoms with Gasteiger partial charge >= 0.3 is 5.97 Å². The molecule has 0 saturated heterocycles. The zero-order valence-electron chi connectivity index (χ0n) is 15.1. The fourth-order valence-electron chi connectivity index (χ4n) is 3.38. The number of fused-ring (bicyclic) bond motifs is 1. The van der Waals surface area contributed by atoms with Gasteiger partial charge in [-0.05, 0) is 31.2 Å². The number of halogens is 1. The van der Waals surface area contributed by atoms with Gasteiger partial charge in [0.25, 0.3) is 5.91 Å². The van der Waals surface area contributed by atoms with E-state index in [1.807, 2.05) is 20.8 Å². The van der Waals surface area contributed by atoms with Crippen LogP contribution in [0, 0.1) is 12.7 Å². The van der Waals surface area contributed by atoms with Gasteiger partial charge in [0.1, 0.15) is 11.4 Å². The number of nitrogens with one attached hydrogen (secondary N) is 1. The highest BCUT2D eigenvalue weighted by molar-refractivity contribution is 6.17. The Kier molecular flexibility index (Phi) is 4.39. The molecule has 1 aromatic carbocycles. The molecule has 1 amide bonds. The van der Waals surface area contributed by atoms with Gasteiger partial charge < -0.3 is 9.64 Å². The molecule has 26 heavy (non-hydrogen) atoms. The van der Waals surface area contributed by atoms with E-state index in [-0.39, 0.29) is 11.5 Å². The Hall–Kier alpha value is -2.96. The van der Waals surface area contributed by atoms with Crippen molar-refractivity contribution in [2.45, 2.75) is 26.2 Å². The number of nitrogens with zero attached hydrogens (tertiary/aromatic N) is 2. The van der Waals surface area contributed by atoms with Gasteiger partial charge in [0.2, 0.25) is 0 Å². The molecule has 0 unspecified atom stereocenters. The summed E-state index contributed by atoms with van der Waals surface area (Å²) in [4.78, 5) is 26.7. The lowest BCUT2D eigenvalue weighted by atomic mass is 9.82. The van der Waals surface area contributed by atoms with Crippen LogP contribution in [0.3, 0.4) is 0 Å². The zero-order chi connectivity index (χ0) is 19.1. The van der Waals surface area contributed by atoms with E-state index >= 15 is 0 Å². The van der Waals surface area contributed by atoms with Gasteiger partial charge in [-0.3, -0.25) is 9.89 Å². The van der Waals surface area contributed by atoms with Crippen LogP contribution in [0.2, 0.25) is 0 Å². The van der Waals surface area contributed by atoms with Crippen LogP contribution in [-0.4, -0.2) is 40.6 Å². The van der Waals surface area contributed by atoms with Crippen molar-refractivity contribution in [2.24, 2.45) is 0 Å². The van der Waals surface area contributed by atoms with Crippen molar-refractivity contribution in [3.8, 4) is 0 Å². The van der Waals surface area contributed by atoms with Crippen molar-refractivity contribution in [1.82, 2.24) is 15.1 Å². The van der Waals surface area contributed by atoms with E-state index in [0.29, 0.717) is 17.8 Å². The van der Waals surface area contributed by atoms with Gasteiger partial charge in [-0.1, -0.05) is 13.8 Å². The molecule has 7 heteroatoms. The number of aromatic amines is 1. The number of carbonyl (C=O) groups is 2. The predicted molar refractivity (Wildman–Crippen MR) is 93.8 cm³/mol. The Balaban J connectivity index is 2.11. The number of H-pyrrole nitrogens is 1. The summed E-state index contributed by atoms with van der Waals surface area (Å²) >= 11 is 0. The lowest BCUT2D eigenvalue weighted by Crippen LogP contribution is -2.37. The molecule has 0 atom stereocenters. The minimum Gasteiger partial charge on any atom is -0.465 e. The number of hydrogen-bond donors (Lipinski definition) is 1. The van der Waals surface area contributed by atoms with Gasteiger partial charge in [0, 0.05) is 29.3 Å². The molecule has 2 aromatic rings. The predicted octanol–water partition coefficient (Wildman–Crippen LogP) is 2.80. The molecule has 0 fully saturated rings. The summed E-state index contributed by atoms with van der Waals surface area (Å²) in [5.74, 6) is -1.31. The van der Waals surface area contributed by atoms with Crippen LogP contribution < -0.4 is 0 Å². The lowest BCUT2D eigenvalue weighted by molar-refractivity contribution is -0.133. The molecule has 2 heterocycles. The van der Waals surface area contributed by atoms with E-state index in [1.54, 1.807) is 0 Å².